The van der Waals surface area contributed by atoms with Crippen LogP contribution in [0.5, 0.6) is 5.75 Å². The molecule has 2 fully saturated rings. The first-order valence-electron chi connectivity index (χ1n) is 11.6. The molecule has 0 aliphatic carbocycles. The number of ether oxygens (including phenoxy) is 1. The maximum absolute atomic E-state index is 11.5. The summed E-state index contributed by atoms with van der Waals surface area (Å²) in [6, 6.07) is 16.9. The van der Waals surface area contributed by atoms with Gasteiger partial charge in [-0.1, -0.05) is 36.1 Å². The lowest BCUT2D eigenvalue weighted by atomic mass is 9.90. The second-order valence-electron chi connectivity index (χ2n) is 8.88. The van der Waals surface area contributed by atoms with Crippen LogP contribution in [0.1, 0.15) is 33.9 Å². The van der Waals surface area contributed by atoms with E-state index in [0.29, 0.717) is 18.2 Å². The van der Waals surface area contributed by atoms with E-state index < -0.39 is 5.56 Å². The molecule has 0 unspecified atom stereocenters. The Balaban J connectivity index is 1.13. The number of nitrogens with one attached hydrogen (secondary N) is 1. The van der Waals surface area contributed by atoms with Crippen molar-refractivity contribution in [3.05, 3.63) is 93.2 Å². The molecule has 0 spiro atoms. The molecule has 2 N–H and O–H groups in total. The van der Waals surface area contributed by atoms with Gasteiger partial charge < -0.3 is 14.8 Å². The summed E-state index contributed by atoms with van der Waals surface area (Å²) >= 11 is 0. The van der Waals surface area contributed by atoms with Crippen LogP contribution in [0.3, 0.4) is 0 Å². The fourth-order valence-electron chi connectivity index (χ4n) is 4.36. The zero-order valence-corrected chi connectivity index (χ0v) is 19.0. The van der Waals surface area contributed by atoms with Gasteiger partial charge in [0.1, 0.15) is 5.69 Å². The van der Waals surface area contributed by atoms with Gasteiger partial charge in [-0.05, 0) is 35.4 Å². The fourth-order valence-corrected chi connectivity index (χ4v) is 4.36. The third kappa shape index (κ3) is 5.37. The van der Waals surface area contributed by atoms with E-state index in [1.165, 1.54) is 17.5 Å². The van der Waals surface area contributed by atoms with Gasteiger partial charge in [-0.15, -0.1) is 0 Å². The van der Waals surface area contributed by atoms with Crippen molar-refractivity contribution >= 4 is 0 Å². The summed E-state index contributed by atoms with van der Waals surface area (Å²) in [5.74, 6) is 6.67. The average molecular weight is 457 g/mol. The monoisotopic (exact) mass is 456 g/mol. The van der Waals surface area contributed by atoms with Gasteiger partial charge in [0, 0.05) is 56.3 Å². The van der Waals surface area contributed by atoms with Gasteiger partial charge in [0.25, 0.3) is 5.56 Å². The van der Waals surface area contributed by atoms with E-state index in [9.17, 15) is 9.90 Å². The number of benzene rings is 2. The first kappa shape index (κ1) is 22.4. The Morgan fingerprint density at radius 3 is 2.26 bits per heavy atom. The maximum Gasteiger partial charge on any atom is 0.293 e. The SMILES string of the molecule is O=c1[nH]cnc(CN2CC(c3ccc(C#Cc4ccc(CN5CCOCC5)cc4)cc3)C2)c1O. The molecule has 2 aromatic carbocycles. The van der Waals surface area contributed by atoms with Gasteiger partial charge in [0.05, 0.1) is 19.5 Å². The normalized spacial score (nSPS) is 17.1. The number of aromatic nitrogens is 2. The van der Waals surface area contributed by atoms with E-state index >= 15 is 0 Å². The Morgan fingerprint density at radius 2 is 1.59 bits per heavy atom. The first-order chi connectivity index (χ1) is 16.6. The quantitative estimate of drug-likeness (QED) is 0.574. The molecule has 5 rings (SSSR count). The fraction of sp³-hybridized carbons (Fsp3) is 0.333. The average Bonchev–Trinajstić information content (AvgIpc) is 2.84. The molecule has 2 aliphatic heterocycles. The molecule has 0 atom stereocenters. The lowest BCUT2D eigenvalue weighted by Gasteiger charge is -2.39. The molecule has 7 heteroatoms. The second kappa shape index (κ2) is 10.2. The van der Waals surface area contributed by atoms with Crippen molar-refractivity contribution in [3.8, 4) is 17.6 Å². The zero-order valence-electron chi connectivity index (χ0n) is 19.0. The van der Waals surface area contributed by atoms with E-state index in [1.807, 2.05) is 0 Å². The Labute approximate surface area is 199 Å². The van der Waals surface area contributed by atoms with Gasteiger partial charge in [-0.3, -0.25) is 14.6 Å². The predicted octanol–water partition coefficient (Wildman–Crippen LogP) is 2.31. The van der Waals surface area contributed by atoms with Crippen LogP contribution in [-0.2, 0) is 17.8 Å². The number of hydrogen-bond donors (Lipinski definition) is 2. The van der Waals surface area contributed by atoms with E-state index in [4.69, 9.17) is 4.74 Å². The Kier molecular flexibility index (Phi) is 6.72. The second-order valence-corrected chi connectivity index (χ2v) is 8.88. The summed E-state index contributed by atoms with van der Waals surface area (Å²) in [4.78, 5) is 22.5. The summed E-state index contributed by atoms with van der Waals surface area (Å²) in [6.07, 6.45) is 1.33. The molecule has 2 aliphatic rings. The van der Waals surface area contributed by atoms with Crippen LogP contribution < -0.4 is 5.56 Å². The molecule has 0 amide bonds. The van der Waals surface area contributed by atoms with Crippen molar-refractivity contribution in [1.82, 2.24) is 19.8 Å². The standard InChI is InChI=1S/C27H28N4O3/c32-26-25(28-19-29-27(26)33)18-31-16-24(17-31)23-9-7-21(8-10-23)2-1-20-3-5-22(6-4-20)15-30-11-13-34-14-12-30/h3-10,19,24,32H,11-18H2,(H,28,29,33). The van der Waals surface area contributed by atoms with E-state index in [1.54, 1.807) is 0 Å². The highest BCUT2D eigenvalue weighted by molar-refractivity contribution is 5.44. The lowest BCUT2D eigenvalue weighted by Crippen LogP contribution is -2.44. The predicted molar refractivity (Wildman–Crippen MR) is 130 cm³/mol. The number of rotatable bonds is 5. The van der Waals surface area contributed by atoms with E-state index in [-0.39, 0.29) is 5.75 Å². The minimum Gasteiger partial charge on any atom is -0.502 e. The van der Waals surface area contributed by atoms with Gasteiger partial charge in [-0.25, -0.2) is 4.98 Å². The molecular weight excluding hydrogens is 428 g/mol. The van der Waals surface area contributed by atoms with Gasteiger partial charge >= 0.3 is 0 Å². The number of morpholine rings is 1. The van der Waals surface area contributed by atoms with Crippen LogP contribution in [0.4, 0.5) is 0 Å². The molecule has 174 valence electrons. The number of likely N-dealkylation sites (tertiary alicyclic amines) is 1. The summed E-state index contributed by atoms with van der Waals surface area (Å²) in [7, 11) is 0. The summed E-state index contributed by atoms with van der Waals surface area (Å²) in [5.41, 5.74) is 4.51. The highest BCUT2D eigenvalue weighted by atomic mass is 16.5. The van der Waals surface area contributed by atoms with Crippen molar-refractivity contribution < 1.29 is 9.84 Å². The topological polar surface area (TPSA) is 81.7 Å². The van der Waals surface area contributed by atoms with E-state index in [0.717, 1.165) is 57.1 Å². The summed E-state index contributed by atoms with van der Waals surface area (Å²) in [5, 5.41) is 9.84. The van der Waals surface area contributed by atoms with Crippen molar-refractivity contribution in [1.29, 1.82) is 0 Å². The van der Waals surface area contributed by atoms with Crippen molar-refractivity contribution in [2.24, 2.45) is 0 Å². The highest BCUT2D eigenvalue weighted by Gasteiger charge is 2.29. The van der Waals surface area contributed by atoms with Gasteiger partial charge in [0.15, 0.2) is 0 Å². The van der Waals surface area contributed by atoms with Crippen LogP contribution in [-0.4, -0.2) is 64.3 Å². The number of nitrogens with zero attached hydrogens (tertiary/aromatic N) is 3. The van der Waals surface area contributed by atoms with Crippen LogP contribution in [0.15, 0.2) is 59.7 Å². The molecule has 3 aromatic rings. The van der Waals surface area contributed by atoms with Crippen LogP contribution in [0, 0.1) is 11.8 Å². The molecule has 0 saturated carbocycles. The van der Waals surface area contributed by atoms with Crippen LogP contribution in [0.25, 0.3) is 0 Å². The third-order valence-electron chi connectivity index (χ3n) is 6.43. The first-order valence-corrected chi connectivity index (χ1v) is 11.6. The summed E-state index contributed by atoms with van der Waals surface area (Å²) < 4.78 is 5.41. The molecule has 0 bridgehead atoms. The van der Waals surface area contributed by atoms with E-state index in [2.05, 4.69) is 80.1 Å². The Morgan fingerprint density at radius 1 is 0.941 bits per heavy atom. The largest absolute Gasteiger partial charge is 0.502 e. The third-order valence-corrected chi connectivity index (χ3v) is 6.43. The Bertz CT molecular complexity index is 1230. The van der Waals surface area contributed by atoms with Gasteiger partial charge in [-0.2, -0.15) is 0 Å². The Hall–Kier alpha value is -3.44. The molecular formula is C27H28N4O3. The lowest BCUT2D eigenvalue weighted by molar-refractivity contribution is 0.0342. The molecule has 1 aromatic heterocycles. The zero-order chi connectivity index (χ0) is 23.3. The van der Waals surface area contributed by atoms with Crippen LogP contribution in [0.2, 0.25) is 0 Å². The van der Waals surface area contributed by atoms with Crippen LogP contribution >= 0.6 is 0 Å². The highest BCUT2D eigenvalue weighted by Crippen LogP contribution is 2.29. The smallest absolute Gasteiger partial charge is 0.293 e. The summed E-state index contributed by atoms with van der Waals surface area (Å²) in [6.45, 7) is 6.79. The number of aromatic amines is 1. The molecule has 7 nitrogen and oxygen atoms in total. The van der Waals surface area contributed by atoms with Crippen molar-refractivity contribution in [2.75, 3.05) is 39.4 Å². The number of H-pyrrole nitrogens is 1. The molecule has 2 saturated heterocycles. The molecule has 0 radical (unpaired) electrons. The molecule has 3 heterocycles. The molecule has 34 heavy (non-hydrogen) atoms. The van der Waals surface area contributed by atoms with Crippen molar-refractivity contribution in [2.45, 2.75) is 19.0 Å². The number of aromatic hydroxyl groups is 1. The number of hydrogen-bond acceptors (Lipinski definition) is 6. The maximum atomic E-state index is 11.5. The van der Waals surface area contributed by atoms with Gasteiger partial charge in [0.2, 0.25) is 5.75 Å². The minimum atomic E-state index is -0.497. The minimum absolute atomic E-state index is 0.291. The van der Waals surface area contributed by atoms with Crippen molar-refractivity contribution in [3.63, 3.8) is 0 Å².